The predicted molar refractivity (Wildman–Crippen MR) is 105 cm³/mol. The highest BCUT2D eigenvalue weighted by Crippen LogP contribution is 2.21. The molecule has 2 aromatic carbocycles. The summed E-state index contributed by atoms with van der Waals surface area (Å²) in [5.74, 6) is 0.152. The smallest absolute Gasteiger partial charge is 0.224 e. The van der Waals surface area contributed by atoms with Crippen LogP contribution in [0.25, 0.3) is 0 Å². The number of nitrogens with one attached hydrogen (secondary N) is 1. The number of nitriles is 1. The highest BCUT2D eigenvalue weighted by Gasteiger charge is 2.21. The van der Waals surface area contributed by atoms with E-state index >= 15 is 0 Å². The second kappa shape index (κ2) is 8.59. The van der Waals surface area contributed by atoms with Crippen molar-refractivity contribution in [3.63, 3.8) is 0 Å². The van der Waals surface area contributed by atoms with Gasteiger partial charge < -0.3 is 15.1 Å². The van der Waals surface area contributed by atoms with Crippen LogP contribution >= 0.6 is 11.6 Å². The van der Waals surface area contributed by atoms with Crippen molar-refractivity contribution >= 4 is 28.9 Å². The van der Waals surface area contributed by atoms with Crippen molar-refractivity contribution in [2.24, 2.45) is 0 Å². The fourth-order valence-electron chi connectivity index (χ4n) is 3.06. The molecule has 1 heterocycles. The van der Waals surface area contributed by atoms with Crippen LogP contribution in [0.15, 0.2) is 48.5 Å². The predicted octanol–water partition coefficient (Wildman–Crippen LogP) is 3.36. The number of amides is 1. The van der Waals surface area contributed by atoms with Crippen LogP contribution in [0.3, 0.4) is 0 Å². The van der Waals surface area contributed by atoms with Gasteiger partial charge >= 0.3 is 0 Å². The van der Waals surface area contributed by atoms with E-state index in [0.717, 1.165) is 42.6 Å². The molecule has 1 aliphatic heterocycles. The van der Waals surface area contributed by atoms with Crippen molar-refractivity contribution in [1.29, 1.82) is 5.26 Å². The van der Waals surface area contributed by atoms with Gasteiger partial charge in [-0.25, -0.2) is 0 Å². The average molecular weight is 369 g/mol. The minimum Gasteiger partial charge on any atom is -0.384 e. The zero-order chi connectivity index (χ0) is 18.4. The Balaban J connectivity index is 1.44. The quantitative estimate of drug-likeness (QED) is 0.879. The summed E-state index contributed by atoms with van der Waals surface area (Å²) in [6.07, 6.45) is 0.438. The van der Waals surface area contributed by atoms with Crippen molar-refractivity contribution in [3.05, 3.63) is 59.1 Å². The highest BCUT2D eigenvalue weighted by molar-refractivity contribution is 6.30. The molecule has 0 aromatic heterocycles. The van der Waals surface area contributed by atoms with Gasteiger partial charge in [-0.3, -0.25) is 4.79 Å². The minimum absolute atomic E-state index is 0.152. The van der Waals surface area contributed by atoms with Gasteiger partial charge in [0.2, 0.25) is 5.91 Å². The fourth-order valence-corrected chi connectivity index (χ4v) is 3.24. The topological polar surface area (TPSA) is 59.4 Å². The molecular weight excluding hydrogens is 348 g/mol. The molecule has 0 radical (unpaired) electrons. The number of carbonyl (C=O) groups excluding carboxylic acids is 1. The Bertz CT molecular complexity index is 809. The van der Waals surface area contributed by atoms with Crippen molar-refractivity contribution < 1.29 is 4.79 Å². The SMILES string of the molecule is N#Cc1cccc(NCCC(=O)N2CCN(c3cccc(Cl)c3)CC2)c1. The number of piperazine rings is 1. The summed E-state index contributed by atoms with van der Waals surface area (Å²) in [5, 5.41) is 12.9. The molecule has 5 nitrogen and oxygen atoms in total. The van der Waals surface area contributed by atoms with Gasteiger partial charge in [-0.2, -0.15) is 5.26 Å². The second-order valence-corrected chi connectivity index (χ2v) is 6.65. The largest absolute Gasteiger partial charge is 0.384 e. The number of benzene rings is 2. The molecule has 134 valence electrons. The maximum Gasteiger partial charge on any atom is 0.224 e. The highest BCUT2D eigenvalue weighted by atomic mass is 35.5. The lowest BCUT2D eigenvalue weighted by molar-refractivity contribution is -0.131. The molecular formula is C20H21ClN4O. The molecule has 2 aromatic rings. The van der Waals surface area contributed by atoms with E-state index in [1.54, 1.807) is 12.1 Å². The van der Waals surface area contributed by atoms with Gasteiger partial charge in [-0.15, -0.1) is 0 Å². The summed E-state index contributed by atoms with van der Waals surface area (Å²) in [4.78, 5) is 16.6. The van der Waals surface area contributed by atoms with Crippen LogP contribution in [-0.2, 0) is 4.79 Å². The van der Waals surface area contributed by atoms with Gasteiger partial charge in [0, 0.05) is 55.5 Å². The lowest BCUT2D eigenvalue weighted by Gasteiger charge is -2.36. The lowest BCUT2D eigenvalue weighted by Crippen LogP contribution is -2.49. The minimum atomic E-state index is 0.152. The molecule has 1 N–H and O–H groups in total. The standard InChI is InChI=1S/C20H21ClN4O/c21-17-4-2-6-19(14-17)24-9-11-25(12-10-24)20(26)7-8-23-18-5-1-3-16(13-18)15-22/h1-6,13-14,23H,7-12H2. The van der Waals surface area contributed by atoms with Gasteiger partial charge in [0.25, 0.3) is 0 Å². The molecule has 1 saturated heterocycles. The molecule has 1 fully saturated rings. The summed E-state index contributed by atoms with van der Waals surface area (Å²) >= 11 is 6.05. The third-order valence-corrected chi connectivity index (χ3v) is 4.70. The maximum absolute atomic E-state index is 12.4. The summed E-state index contributed by atoms with van der Waals surface area (Å²) in [5.41, 5.74) is 2.57. The molecule has 1 amide bonds. The molecule has 0 bridgehead atoms. The fraction of sp³-hybridized carbons (Fsp3) is 0.300. The van der Waals surface area contributed by atoms with E-state index in [9.17, 15) is 4.79 Å². The van der Waals surface area contributed by atoms with Gasteiger partial charge in [-0.05, 0) is 36.4 Å². The number of nitrogens with zero attached hydrogens (tertiary/aromatic N) is 3. The molecule has 6 heteroatoms. The molecule has 1 aliphatic rings. The maximum atomic E-state index is 12.4. The van der Waals surface area contributed by atoms with E-state index in [-0.39, 0.29) is 5.91 Å². The Morgan fingerprint density at radius 3 is 2.62 bits per heavy atom. The summed E-state index contributed by atoms with van der Waals surface area (Å²) in [7, 11) is 0. The molecule has 0 atom stereocenters. The van der Waals surface area contributed by atoms with Crippen LogP contribution in [0.5, 0.6) is 0 Å². The number of halogens is 1. The van der Waals surface area contributed by atoms with Gasteiger partial charge in [-0.1, -0.05) is 23.7 Å². The molecule has 3 rings (SSSR count). The molecule has 0 unspecified atom stereocenters. The van der Waals surface area contributed by atoms with E-state index < -0.39 is 0 Å². The van der Waals surface area contributed by atoms with Crippen LogP contribution in [0.4, 0.5) is 11.4 Å². The van der Waals surface area contributed by atoms with Crippen LogP contribution in [0, 0.1) is 11.3 Å². The van der Waals surface area contributed by atoms with Crippen molar-refractivity contribution in [1.82, 2.24) is 4.90 Å². The second-order valence-electron chi connectivity index (χ2n) is 6.22. The monoisotopic (exact) mass is 368 g/mol. The first-order valence-electron chi connectivity index (χ1n) is 8.68. The van der Waals surface area contributed by atoms with E-state index in [1.807, 2.05) is 41.3 Å². The zero-order valence-corrected chi connectivity index (χ0v) is 15.2. The van der Waals surface area contributed by atoms with Crippen molar-refractivity contribution in [3.8, 4) is 6.07 Å². The molecule has 0 aliphatic carbocycles. The van der Waals surface area contributed by atoms with Gasteiger partial charge in [0.05, 0.1) is 11.6 Å². The lowest BCUT2D eigenvalue weighted by atomic mass is 10.2. The Labute approximate surface area is 158 Å². The first kappa shape index (κ1) is 18.1. The average Bonchev–Trinajstić information content (AvgIpc) is 2.68. The van der Waals surface area contributed by atoms with Crippen molar-refractivity contribution in [2.75, 3.05) is 42.9 Å². The number of hydrogen-bond acceptors (Lipinski definition) is 4. The van der Waals surface area contributed by atoms with E-state index in [4.69, 9.17) is 16.9 Å². The van der Waals surface area contributed by atoms with Gasteiger partial charge in [0.1, 0.15) is 0 Å². The molecule has 26 heavy (non-hydrogen) atoms. The number of hydrogen-bond donors (Lipinski definition) is 1. The Morgan fingerprint density at radius 2 is 1.88 bits per heavy atom. The molecule has 0 saturated carbocycles. The first-order valence-corrected chi connectivity index (χ1v) is 9.06. The molecule has 0 spiro atoms. The Morgan fingerprint density at radius 1 is 1.12 bits per heavy atom. The number of anilines is 2. The summed E-state index contributed by atoms with van der Waals surface area (Å²) < 4.78 is 0. The third kappa shape index (κ3) is 4.68. The van der Waals surface area contributed by atoms with Gasteiger partial charge in [0.15, 0.2) is 0 Å². The number of rotatable bonds is 5. The van der Waals surface area contributed by atoms with Crippen LogP contribution in [0.2, 0.25) is 5.02 Å². The number of carbonyl (C=O) groups is 1. The van der Waals surface area contributed by atoms with Crippen molar-refractivity contribution in [2.45, 2.75) is 6.42 Å². The Kier molecular flexibility index (Phi) is 5.98. The zero-order valence-electron chi connectivity index (χ0n) is 14.5. The van der Waals surface area contributed by atoms with Crippen LogP contribution in [0.1, 0.15) is 12.0 Å². The summed E-state index contributed by atoms with van der Waals surface area (Å²) in [6.45, 7) is 3.61. The van der Waals surface area contributed by atoms with E-state index in [0.29, 0.717) is 18.5 Å². The van der Waals surface area contributed by atoms with E-state index in [2.05, 4.69) is 16.3 Å². The Hall–Kier alpha value is -2.71. The van der Waals surface area contributed by atoms with E-state index in [1.165, 1.54) is 0 Å². The summed E-state index contributed by atoms with van der Waals surface area (Å²) in [6, 6.07) is 17.2. The van der Waals surface area contributed by atoms with Crippen LogP contribution < -0.4 is 10.2 Å². The normalized spacial score (nSPS) is 14.0. The third-order valence-electron chi connectivity index (χ3n) is 4.47. The van der Waals surface area contributed by atoms with Crippen LogP contribution in [-0.4, -0.2) is 43.5 Å². The first-order chi connectivity index (χ1) is 12.7.